The third-order valence-electron chi connectivity index (χ3n) is 3.65. The van der Waals surface area contributed by atoms with Crippen molar-refractivity contribution in [2.45, 2.75) is 25.4 Å². The van der Waals surface area contributed by atoms with Crippen molar-refractivity contribution in [2.24, 2.45) is 7.05 Å². The van der Waals surface area contributed by atoms with Gasteiger partial charge in [-0.05, 0) is 25.5 Å². The summed E-state index contributed by atoms with van der Waals surface area (Å²) in [5, 5.41) is 8.53. The Labute approximate surface area is 107 Å². The number of likely N-dealkylation sites (tertiary alicyclic amines) is 1. The van der Waals surface area contributed by atoms with E-state index in [1.165, 1.54) is 24.9 Å². The second-order valence-corrected chi connectivity index (χ2v) is 4.91. The molecule has 0 bridgehead atoms. The maximum absolute atomic E-state index is 4.28. The highest BCUT2D eigenvalue weighted by Gasteiger charge is 2.26. The van der Waals surface area contributed by atoms with E-state index >= 15 is 0 Å². The Bertz CT molecular complexity index is 487. The molecule has 5 nitrogen and oxygen atoms in total. The minimum absolute atomic E-state index is 0.536. The van der Waals surface area contributed by atoms with Crippen LogP contribution >= 0.6 is 0 Å². The number of rotatable bonds is 4. The lowest BCUT2D eigenvalue weighted by Crippen LogP contribution is -2.27. The summed E-state index contributed by atoms with van der Waals surface area (Å²) in [5.41, 5.74) is 1.34. The van der Waals surface area contributed by atoms with E-state index in [1.807, 2.05) is 41.1 Å². The first-order valence-electron chi connectivity index (χ1n) is 6.53. The number of nitrogens with zero attached hydrogens (tertiary/aromatic N) is 5. The van der Waals surface area contributed by atoms with Crippen molar-refractivity contribution in [3.63, 3.8) is 0 Å². The van der Waals surface area contributed by atoms with Gasteiger partial charge in [0.15, 0.2) is 0 Å². The van der Waals surface area contributed by atoms with E-state index in [2.05, 4.69) is 21.3 Å². The molecule has 0 radical (unpaired) electrons. The van der Waals surface area contributed by atoms with Gasteiger partial charge in [-0.3, -0.25) is 14.3 Å². The van der Waals surface area contributed by atoms with Crippen LogP contribution in [0.15, 0.2) is 30.9 Å². The Morgan fingerprint density at radius 3 is 3.00 bits per heavy atom. The average Bonchev–Trinajstić information content (AvgIpc) is 3.07. The molecule has 0 aliphatic carbocycles. The molecule has 0 aromatic carbocycles. The van der Waals surface area contributed by atoms with Crippen LogP contribution < -0.4 is 0 Å². The van der Waals surface area contributed by atoms with Crippen molar-refractivity contribution in [1.29, 1.82) is 0 Å². The first kappa shape index (κ1) is 11.5. The van der Waals surface area contributed by atoms with Crippen LogP contribution in [0.2, 0.25) is 0 Å². The Morgan fingerprint density at radius 2 is 2.28 bits per heavy atom. The summed E-state index contributed by atoms with van der Waals surface area (Å²) >= 11 is 0. The standard InChI is InChI=1S/C13H19N5/c1-16-11-12(10-15-16)13-4-2-6-17(13)8-9-18-7-3-5-14-18/h3,5,7,10-11,13H,2,4,6,8-9H2,1H3/t13-/m0/s1. The summed E-state index contributed by atoms with van der Waals surface area (Å²) in [6.07, 6.45) is 10.5. The van der Waals surface area contributed by atoms with Gasteiger partial charge in [0, 0.05) is 43.8 Å². The molecule has 0 amide bonds. The van der Waals surface area contributed by atoms with Crippen LogP contribution in [0.5, 0.6) is 0 Å². The van der Waals surface area contributed by atoms with E-state index in [-0.39, 0.29) is 0 Å². The lowest BCUT2D eigenvalue weighted by atomic mass is 10.1. The Morgan fingerprint density at radius 1 is 1.33 bits per heavy atom. The summed E-state index contributed by atoms with van der Waals surface area (Å²) < 4.78 is 3.89. The quantitative estimate of drug-likeness (QED) is 0.818. The highest BCUT2D eigenvalue weighted by molar-refractivity contribution is 5.12. The molecule has 18 heavy (non-hydrogen) atoms. The van der Waals surface area contributed by atoms with Crippen molar-refractivity contribution < 1.29 is 0 Å². The molecule has 0 saturated carbocycles. The molecule has 5 heteroatoms. The largest absolute Gasteiger partial charge is 0.294 e. The molecular weight excluding hydrogens is 226 g/mol. The molecule has 2 aromatic heterocycles. The van der Waals surface area contributed by atoms with Gasteiger partial charge in [0.1, 0.15) is 0 Å². The average molecular weight is 245 g/mol. The van der Waals surface area contributed by atoms with Gasteiger partial charge in [-0.15, -0.1) is 0 Å². The smallest absolute Gasteiger partial charge is 0.0537 e. The SMILES string of the molecule is Cn1cc([C@@H]2CCCN2CCn2cccn2)cn1. The van der Waals surface area contributed by atoms with E-state index in [0.717, 1.165) is 13.1 Å². The zero-order valence-corrected chi connectivity index (χ0v) is 10.7. The summed E-state index contributed by atoms with van der Waals surface area (Å²) in [5.74, 6) is 0. The van der Waals surface area contributed by atoms with Crippen LogP contribution in [0.3, 0.4) is 0 Å². The Hall–Kier alpha value is -1.62. The van der Waals surface area contributed by atoms with Crippen molar-refractivity contribution in [3.05, 3.63) is 36.4 Å². The fourth-order valence-electron chi connectivity index (χ4n) is 2.75. The summed E-state index contributed by atoms with van der Waals surface area (Å²) in [4.78, 5) is 2.54. The van der Waals surface area contributed by atoms with E-state index < -0.39 is 0 Å². The zero-order valence-electron chi connectivity index (χ0n) is 10.7. The highest BCUT2D eigenvalue weighted by Crippen LogP contribution is 2.31. The normalized spacial score (nSPS) is 20.6. The topological polar surface area (TPSA) is 38.9 Å². The maximum Gasteiger partial charge on any atom is 0.0537 e. The number of hydrogen-bond donors (Lipinski definition) is 0. The minimum Gasteiger partial charge on any atom is -0.294 e. The molecule has 3 rings (SSSR count). The lowest BCUT2D eigenvalue weighted by Gasteiger charge is -2.23. The monoisotopic (exact) mass is 245 g/mol. The molecule has 1 fully saturated rings. The Kier molecular flexibility index (Phi) is 3.15. The van der Waals surface area contributed by atoms with Gasteiger partial charge >= 0.3 is 0 Å². The van der Waals surface area contributed by atoms with E-state index in [1.54, 1.807) is 0 Å². The van der Waals surface area contributed by atoms with Gasteiger partial charge in [0.25, 0.3) is 0 Å². The predicted octanol–water partition coefficient (Wildman–Crippen LogP) is 1.45. The van der Waals surface area contributed by atoms with Gasteiger partial charge in [-0.1, -0.05) is 0 Å². The van der Waals surface area contributed by atoms with Gasteiger partial charge < -0.3 is 0 Å². The van der Waals surface area contributed by atoms with Gasteiger partial charge in [0.2, 0.25) is 0 Å². The van der Waals surface area contributed by atoms with Gasteiger partial charge in [0.05, 0.1) is 12.7 Å². The fourth-order valence-corrected chi connectivity index (χ4v) is 2.75. The van der Waals surface area contributed by atoms with Crippen molar-refractivity contribution >= 4 is 0 Å². The second-order valence-electron chi connectivity index (χ2n) is 4.91. The zero-order chi connectivity index (χ0) is 12.4. The third-order valence-corrected chi connectivity index (χ3v) is 3.65. The molecule has 0 N–H and O–H groups in total. The van der Waals surface area contributed by atoms with Gasteiger partial charge in [-0.25, -0.2) is 0 Å². The van der Waals surface area contributed by atoms with Crippen LogP contribution in [0.4, 0.5) is 0 Å². The molecule has 1 aliphatic heterocycles. The lowest BCUT2D eigenvalue weighted by molar-refractivity contribution is 0.243. The summed E-state index contributed by atoms with van der Waals surface area (Å²) in [7, 11) is 1.98. The third kappa shape index (κ3) is 2.31. The molecular formula is C13H19N5. The number of aryl methyl sites for hydroxylation is 1. The molecule has 1 saturated heterocycles. The number of hydrogen-bond acceptors (Lipinski definition) is 3. The number of aromatic nitrogens is 4. The molecule has 2 aromatic rings. The van der Waals surface area contributed by atoms with E-state index in [4.69, 9.17) is 0 Å². The van der Waals surface area contributed by atoms with Crippen molar-refractivity contribution in [3.8, 4) is 0 Å². The highest BCUT2D eigenvalue weighted by atomic mass is 15.3. The van der Waals surface area contributed by atoms with Crippen LogP contribution in [-0.4, -0.2) is 37.6 Å². The van der Waals surface area contributed by atoms with Crippen molar-refractivity contribution in [2.75, 3.05) is 13.1 Å². The first-order valence-corrected chi connectivity index (χ1v) is 6.53. The first-order chi connectivity index (χ1) is 8.83. The van der Waals surface area contributed by atoms with Crippen LogP contribution in [-0.2, 0) is 13.6 Å². The van der Waals surface area contributed by atoms with E-state index in [0.29, 0.717) is 6.04 Å². The van der Waals surface area contributed by atoms with Crippen LogP contribution in [0, 0.1) is 0 Å². The molecule has 0 spiro atoms. The minimum atomic E-state index is 0.536. The molecule has 3 heterocycles. The van der Waals surface area contributed by atoms with Gasteiger partial charge in [-0.2, -0.15) is 10.2 Å². The summed E-state index contributed by atoms with van der Waals surface area (Å²) in [6.45, 7) is 3.20. The van der Waals surface area contributed by atoms with E-state index in [9.17, 15) is 0 Å². The molecule has 0 unspecified atom stereocenters. The maximum atomic E-state index is 4.28. The second kappa shape index (κ2) is 4.94. The molecule has 96 valence electrons. The summed E-state index contributed by atoms with van der Waals surface area (Å²) in [6, 6.07) is 2.51. The predicted molar refractivity (Wildman–Crippen MR) is 69.0 cm³/mol. The molecule has 1 aliphatic rings. The van der Waals surface area contributed by atoms with Crippen LogP contribution in [0.25, 0.3) is 0 Å². The van der Waals surface area contributed by atoms with Crippen LogP contribution in [0.1, 0.15) is 24.4 Å². The van der Waals surface area contributed by atoms with Crippen molar-refractivity contribution in [1.82, 2.24) is 24.5 Å². The molecule has 1 atom stereocenters. The Balaban J connectivity index is 1.64. The fraction of sp³-hybridized carbons (Fsp3) is 0.538.